The monoisotopic (exact) mass is 440 g/mol. The van der Waals surface area contributed by atoms with Crippen molar-refractivity contribution in [3.63, 3.8) is 0 Å². The van der Waals surface area contributed by atoms with Crippen LogP contribution in [0.25, 0.3) is 11.1 Å². The van der Waals surface area contributed by atoms with Crippen LogP contribution in [0.3, 0.4) is 0 Å². The Labute approximate surface area is 174 Å². The maximum Gasteiger partial charge on any atom is 0.269 e. The Bertz CT molecular complexity index is 1010. The molecule has 3 rings (SSSR count). The van der Waals surface area contributed by atoms with E-state index in [9.17, 15) is 17.6 Å². The number of carbonyl (C=O) groups excluding carboxylic acids is 1. The first kappa shape index (κ1) is 21.7. The van der Waals surface area contributed by atoms with Crippen LogP contribution < -0.4 is 20.9 Å². The van der Waals surface area contributed by atoms with E-state index < -0.39 is 21.7 Å². The Hall–Kier alpha value is -2.04. The lowest BCUT2D eigenvalue weighted by Gasteiger charge is -2.24. The first-order chi connectivity index (χ1) is 13.7. The highest BCUT2D eigenvalue weighted by molar-refractivity contribution is 7.89. The number of amides is 1. The predicted molar refractivity (Wildman–Crippen MR) is 111 cm³/mol. The second-order valence-electron chi connectivity index (χ2n) is 6.88. The molecular formula is C19H22ClFN4O3S. The molecule has 2 aromatic carbocycles. The third-order valence-electron chi connectivity index (χ3n) is 4.49. The number of piperazine rings is 1. The number of nitrogens with one attached hydrogen (secondary N) is 4. The van der Waals surface area contributed by atoms with Crippen LogP contribution in [0, 0.1) is 12.7 Å². The van der Waals surface area contributed by atoms with Gasteiger partial charge in [-0.05, 0) is 30.2 Å². The summed E-state index contributed by atoms with van der Waals surface area (Å²) < 4.78 is 38.8. The van der Waals surface area contributed by atoms with E-state index in [1.54, 1.807) is 0 Å². The third kappa shape index (κ3) is 5.74. The minimum atomic E-state index is -3.82. The van der Waals surface area contributed by atoms with E-state index in [1.165, 1.54) is 12.1 Å². The summed E-state index contributed by atoms with van der Waals surface area (Å²) in [6, 6.07) is 9.91. The minimum absolute atomic E-state index is 0.227. The lowest BCUT2D eigenvalue weighted by molar-refractivity contribution is 0.0941. The molecule has 0 aliphatic carbocycles. The van der Waals surface area contributed by atoms with Gasteiger partial charge in [-0.2, -0.15) is 0 Å². The number of hydrazine groups is 1. The molecular weight excluding hydrogens is 419 g/mol. The quantitative estimate of drug-likeness (QED) is 0.511. The predicted octanol–water partition coefficient (Wildman–Crippen LogP) is 1.58. The van der Waals surface area contributed by atoms with Gasteiger partial charge in [0.25, 0.3) is 5.91 Å². The van der Waals surface area contributed by atoms with Gasteiger partial charge in [0.1, 0.15) is 0 Å². The Morgan fingerprint density at radius 2 is 2.03 bits per heavy atom. The summed E-state index contributed by atoms with van der Waals surface area (Å²) in [4.78, 5) is 14.5. The molecule has 1 unspecified atom stereocenters. The number of hydrogen-bond acceptors (Lipinski definition) is 5. The molecule has 1 aliphatic rings. The summed E-state index contributed by atoms with van der Waals surface area (Å²) in [5, 5.41) is 5.92. The Morgan fingerprint density at radius 1 is 1.24 bits per heavy atom. The first-order valence-electron chi connectivity index (χ1n) is 9.05. The van der Waals surface area contributed by atoms with Crippen LogP contribution in [-0.4, -0.2) is 45.8 Å². The highest BCUT2D eigenvalue weighted by atomic mass is 35.5. The highest BCUT2D eigenvalue weighted by Gasteiger charge is 2.23. The summed E-state index contributed by atoms with van der Waals surface area (Å²) >= 11 is 5.96. The summed E-state index contributed by atoms with van der Waals surface area (Å²) in [5.74, 6) is -2.08. The zero-order chi connectivity index (χ0) is 21.0. The average Bonchev–Trinajstić information content (AvgIpc) is 2.68. The van der Waals surface area contributed by atoms with Crippen LogP contribution >= 0.6 is 11.6 Å². The van der Waals surface area contributed by atoms with Crippen LogP contribution in [0.15, 0.2) is 36.4 Å². The molecule has 1 atom stereocenters. The zero-order valence-electron chi connectivity index (χ0n) is 15.8. The molecule has 29 heavy (non-hydrogen) atoms. The Kier molecular flexibility index (Phi) is 6.86. The van der Waals surface area contributed by atoms with Gasteiger partial charge in [-0.15, -0.1) is 4.83 Å². The summed E-state index contributed by atoms with van der Waals surface area (Å²) in [5.41, 5.74) is 4.01. The lowest BCUT2D eigenvalue weighted by atomic mass is 10.0. The molecule has 0 aromatic heterocycles. The maximum atomic E-state index is 14.4. The van der Waals surface area contributed by atoms with Crippen molar-refractivity contribution >= 4 is 27.5 Å². The van der Waals surface area contributed by atoms with Crippen LogP contribution in [0.5, 0.6) is 0 Å². The van der Waals surface area contributed by atoms with E-state index in [4.69, 9.17) is 11.6 Å². The van der Waals surface area contributed by atoms with Crippen molar-refractivity contribution in [3.05, 3.63) is 58.4 Å². The van der Waals surface area contributed by atoms with E-state index in [0.717, 1.165) is 17.7 Å². The molecule has 0 saturated carbocycles. The largest absolute Gasteiger partial charge is 0.314 e. The molecule has 4 N–H and O–H groups in total. The van der Waals surface area contributed by atoms with E-state index >= 15 is 0 Å². The average molecular weight is 441 g/mol. The smallest absolute Gasteiger partial charge is 0.269 e. The van der Waals surface area contributed by atoms with E-state index in [1.807, 2.05) is 36.0 Å². The Morgan fingerprint density at radius 3 is 2.72 bits per heavy atom. The van der Waals surface area contributed by atoms with Gasteiger partial charge in [0, 0.05) is 25.7 Å². The summed E-state index contributed by atoms with van der Waals surface area (Å²) in [6.45, 7) is 3.82. The number of hydrogen-bond donors (Lipinski definition) is 4. The van der Waals surface area contributed by atoms with Crippen LogP contribution in [0.1, 0.15) is 15.9 Å². The standard InChI is InChI=1S/C19H22ClFN4O3S/c1-12-3-2-4-13(7-12)14-8-16(18(21)17(20)9-14)19(26)24-25-29(27,28)11-15-10-22-5-6-23-15/h2-4,7-9,15,22-23,25H,5-6,10-11H2,1H3,(H,24,26). The van der Waals surface area contributed by atoms with Gasteiger partial charge >= 0.3 is 0 Å². The molecule has 156 valence electrons. The Balaban J connectivity index is 1.74. The van der Waals surface area contributed by atoms with Crippen molar-refractivity contribution in [3.8, 4) is 11.1 Å². The fourth-order valence-corrected chi connectivity index (χ4v) is 4.39. The lowest BCUT2D eigenvalue weighted by Crippen LogP contribution is -2.54. The van der Waals surface area contributed by atoms with Gasteiger partial charge in [0.05, 0.1) is 16.3 Å². The molecule has 1 saturated heterocycles. The number of aryl methyl sites for hydroxylation is 1. The van der Waals surface area contributed by atoms with Gasteiger partial charge in [0.2, 0.25) is 10.0 Å². The number of rotatable bonds is 6. The van der Waals surface area contributed by atoms with Crippen molar-refractivity contribution in [1.82, 2.24) is 20.9 Å². The SMILES string of the molecule is Cc1cccc(-c2cc(Cl)c(F)c(C(=O)NNS(=O)(=O)CC3CNCCN3)c2)c1. The van der Waals surface area contributed by atoms with Gasteiger partial charge in [-0.25, -0.2) is 12.8 Å². The molecule has 0 bridgehead atoms. The van der Waals surface area contributed by atoms with Gasteiger partial charge < -0.3 is 10.6 Å². The molecule has 1 aliphatic heterocycles. The summed E-state index contributed by atoms with van der Waals surface area (Å²) in [7, 11) is -3.82. The van der Waals surface area contributed by atoms with Crippen LogP contribution in [0.4, 0.5) is 4.39 Å². The number of carbonyl (C=O) groups is 1. The van der Waals surface area contributed by atoms with E-state index in [2.05, 4.69) is 16.1 Å². The highest BCUT2D eigenvalue weighted by Crippen LogP contribution is 2.28. The van der Waals surface area contributed by atoms with Gasteiger partial charge in [-0.3, -0.25) is 10.2 Å². The minimum Gasteiger partial charge on any atom is -0.314 e. The molecule has 10 heteroatoms. The van der Waals surface area contributed by atoms with Gasteiger partial charge in [0.15, 0.2) is 5.82 Å². The maximum absolute atomic E-state index is 14.4. The fraction of sp³-hybridized carbons (Fsp3) is 0.316. The van der Waals surface area contributed by atoms with Crippen molar-refractivity contribution in [2.75, 3.05) is 25.4 Å². The first-order valence-corrected chi connectivity index (χ1v) is 11.1. The molecule has 0 spiro atoms. The summed E-state index contributed by atoms with van der Waals surface area (Å²) in [6.07, 6.45) is 0. The van der Waals surface area contributed by atoms with E-state index in [0.29, 0.717) is 18.7 Å². The molecule has 7 nitrogen and oxygen atoms in total. The topological polar surface area (TPSA) is 99.3 Å². The number of sulfonamides is 1. The second-order valence-corrected chi connectivity index (χ2v) is 9.06. The van der Waals surface area contributed by atoms with Crippen molar-refractivity contribution in [2.24, 2.45) is 0 Å². The van der Waals surface area contributed by atoms with Gasteiger partial charge in [-0.1, -0.05) is 41.4 Å². The molecule has 1 amide bonds. The molecule has 1 heterocycles. The van der Waals surface area contributed by atoms with E-state index in [-0.39, 0.29) is 22.4 Å². The van der Waals surface area contributed by atoms with Crippen LogP contribution in [0.2, 0.25) is 5.02 Å². The molecule has 1 fully saturated rings. The van der Waals surface area contributed by atoms with Crippen molar-refractivity contribution in [2.45, 2.75) is 13.0 Å². The van der Waals surface area contributed by atoms with Crippen LogP contribution in [-0.2, 0) is 10.0 Å². The molecule has 0 radical (unpaired) electrons. The third-order valence-corrected chi connectivity index (χ3v) is 6.02. The zero-order valence-corrected chi connectivity index (χ0v) is 17.3. The van der Waals surface area contributed by atoms with Crippen molar-refractivity contribution < 1.29 is 17.6 Å². The van der Waals surface area contributed by atoms with Crippen molar-refractivity contribution in [1.29, 1.82) is 0 Å². The number of benzene rings is 2. The molecule has 2 aromatic rings. The second kappa shape index (κ2) is 9.19. The fourth-order valence-electron chi connectivity index (χ4n) is 3.07. The normalized spacial score (nSPS) is 17.1. The number of halogens is 2.